The van der Waals surface area contributed by atoms with Crippen LogP contribution >= 0.6 is 22.9 Å². The summed E-state index contributed by atoms with van der Waals surface area (Å²) in [5.41, 5.74) is 6.53. The number of hydrogen-bond donors (Lipinski definition) is 1. The van der Waals surface area contributed by atoms with Gasteiger partial charge in [-0.15, -0.1) is 11.3 Å². The molecule has 118 valence electrons. The van der Waals surface area contributed by atoms with Crippen molar-refractivity contribution in [1.82, 2.24) is 4.90 Å². The third-order valence-corrected chi connectivity index (χ3v) is 6.71. The van der Waals surface area contributed by atoms with E-state index >= 15 is 0 Å². The van der Waals surface area contributed by atoms with Gasteiger partial charge in [0.15, 0.2) is 0 Å². The summed E-state index contributed by atoms with van der Waals surface area (Å²) < 4.78 is 0.885. The van der Waals surface area contributed by atoms with E-state index in [-0.39, 0.29) is 6.04 Å². The molecule has 2 heterocycles. The van der Waals surface area contributed by atoms with E-state index in [1.165, 1.54) is 49.9 Å². The maximum atomic E-state index is 6.53. The molecule has 4 heteroatoms. The number of likely N-dealkylation sites (tertiary alicyclic amines) is 1. The molecule has 1 saturated heterocycles. The fourth-order valence-electron chi connectivity index (χ4n) is 4.34. The molecule has 2 unspecified atom stereocenters. The first-order chi connectivity index (χ1) is 10.2. The van der Waals surface area contributed by atoms with E-state index in [4.69, 9.17) is 17.3 Å². The molecule has 1 aliphatic heterocycles. The van der Waals surface area contributed by atoms with Crippen molar-refractivity contribution in [2.45, 2.75) is 70.0 Å². The lowest BCUT2D eigenvalue weighted by Crippen LogP contribution is -2.52. The lowest BCUT2D eigenvalue weighted by Gasteiger charge is -2.48. The van der Waals surface area contributed by atoms with Crippen molar-refractivity contribution in [1.29, 1.82) is 0 Å². The normalized spacial score (nSPS) is 29.9. The predicted molar refractivity (Wildman–Crippen MR) is 92.0 cm³/mol. The highest BCUT2D eigenvalue weighted by atomic mass is 35.5. The van der Waals surface area contributed by atoms with Crippen LogP contribution in [-0.4, -0.2) is 23.5 Å². The van der Waals surface area contributed by atoms with Crippen LogP contribution in [0.3, 0.4) is 0 Å². The van der Waals surface area contributed by atoms with E-state index in [0.29, 0.717) is 6.04 Å². The number of piperidine rings is 1. The van der Waals surface area contributed by atoms with Crippen LogP contribution in [0.1, 0.15) is 62.8 Å². The van der Waals surface area contributed by atoms with Crippen LogP contribution in [0.4, 0.5) is 0 Å². The summed E-state index contributed by atoms with van der Waals surface area (Å²) in [7, 11) is 0. The first-order valence-electron chi connectivity index (χ1n) is 8.47. The van der Waals surface area contributed by atoms with Crippen LogP contribution in [0.2, 0.25) is 4.34 Å². The monoisotopic (exact) mass is 326 g/mol. The van der Waals surface area contributed by atoms with Gasteiger partial charge in [0.1, 0.15) is 0 Å². The van der Waals surface area contributed by atoms with Crippen LogP contribution in [0, 0.1) is 5.92 Å². The molecule has 4 atom stereocenters. The molecule has 2 N–H and O–H groups in total. The quantitative estimate of drug-likeness (QED) is 0.858. The van der Waals surface area contributed by atoms with Crippen molar-refractivity contribution in [3.05, 3.63) is 21.3 Å². The summed E-state index contributed by atoms with van der Waals surface area (Å²) >= 11 is 7.90. The predicted octanol–water partition coefficient (Wildman–Crippen LogP) is 4.83. The average molecular weight is 327 g/mol. The number of fused-ring (bicyclic) bond motifs is 1. The first kappa shape index (κ1) is 15.8. The Morgan fingerprint density at radius 3 is 2.76 bits per heavy atom. The van der Waals surface area contributed by atoms with Crippen molar-refractivity contribution in [2.75, 3.05) is 6.54 Å². The molecular weight excluding hydrogens is 300 g/mol. The molecule has 0 amide bonds. The molecule has 2 nitrogen and oxygen atoms in total. The Kier molecular flexibility index (Phi) is 5.26. The Morgan fingerprint density at radius 2 is 2.05 bits per heavy atom. The van der Waals surface area contributed by atoms with Gasteiger partial charge >= 0.3 is 0 Å². The van der Waals surface area contributed by atoms with Crippen molar-refractivity contribution in [2.24, 2.45) is 11.7 Å². The molecule has 2 aliphatic rings. The zero-order valence-electron chi connectivity index (χ0n) is 12.9. The number of rotatable bonds is 4. The lowest BCUT2D eigenvalue weighted by atomic mass is 9.77. The average Bonchev–Trinajstić information content (AvgIpc) is 2.93. The highest BCUT2D eigenvalue weighted by Gasteiger charge is 2.39. The number of nitrogens with two attached hydrogens (primary N) is 1. The highest BCUT2D eigenvalue weighted by Crippen LogP contribution is 2.42. The molecule has 21 heavy (non-hydrogen) atoms. The lowest BCUT2D eigenvalue weighted by molar-refractivity contribution is 0.0167. The molecule has 0 bridgehead atoms. The fourth-order valence-corrected chi connectivity index (χ4v) is 5.60. The Hall–Kier alpha value is -0.0900. The topological polar surface area (TPSA) is 29.3 Å². The fraction of sp³-hybridized carbons (Fsp3) is 0.765. The Bertz CT molecular complexity index is 459. The standard InChI is InChI=1S/C17H27ClN2S/c1-2-13(19)17(15-9-10-16(18)21-15)20-11-5-7-12-6-3-4-8-14(12)20/h9-10,12-14,17H,2-8,11,19H2,1H3/t12-,13?,14-,17?/m1/s1. The minimum Gasteiger partial charge on any atom is -0.326 e. The molecule has 3 rings (SSSR count). The number of thiophene rings is 1. The SMILES string of the molecule is CCC(N)C(c1ccc(Cl)s1)N1CCC[C@H]2CCCC[C@H]21. The number of hydrogen-bond acceptors (Lipinski definition) is 3. The largest absolute Gasteiger partial charge is 0.326 e. The molecule has 0 radical (unpaired) electrons. The van der Waals surface area contributed by atoms with Gasteiger partial charge in [-0.3, -0.25) is 4.90 Å². The maximum absolute atomic E-state index is 6.53. The van der Waals surface area contributed by atoms with Gasteiger partial charge in [-0.1, -0.05) is 31.4 Å². The summed E-state index contributed by atoms with van der Waals surface area (Å²) in [5, 5.41) is 0. The van der Waals surface area contributed by atoms with Crippen LogP contribution in [0.25, 0.3) is 0 Å². The summed E-state index contributed by atoms with van der Waals surface area (Å²) in [6, 6.07) is 5.54. The minimum absolute atomic E-state index is 0.209. The van der Waals surface area contributed by atoms with Gasteiger partial charge in [0.2, 0.25) is 0 Å². The maximum Gasteiger partial charge on any atom is 0.0931 e. The Morgan fingerprint density at radius 1 is 1.29 bits per heavy atom. The molecular formula is C17H27ClN2S. The first-order valence-corrected chi connectivity index (χ1v) is 9.66. The van der Waals surface area contributed by atoms with Gasteiger partial charge in [0, 0.05) is 17.0 Å². The second-order valence-electron chi connectivity index (χ2n) is 6.65. The molecule has 1 aromatic heterocycles. The number of halogens is 1. The third-order valence-electron chi connectivity index (χ3n) is 5.41. The van der Waals surface area contributed by atoms with E-state index in [9.17, 15) is 0 Å². The molecule has 2 fully saturated rings. The zero-order valence-corrected chi connectivity index (χ0v) is 14.5. The molecule has 1 saturated carbocycles. The van der Waals surface area contributed by atoms with Crippen LogP contribution < -0.4 is 5.73 Å². The van der Waals surface area contributed by atoms with Crippen LogP contribution in [0.15, 0.2) is 12.1 Å². The van der Waals surface area contributed by atoms with Crippen molar-refractivity contribution < 1.29 is 0 Å². The third kappa shape index (κ3) is 3.31. The van der Waals surface area contributed by atoms with E-state index in [1.54, 1.807) is 11.3 Å². The van der Waals surface area contributed by atoms with E-state index in [1.807, 2.05) is 6.07 Å². The number of nitrogens with zero attached hydrogens (tertiary/aromatic N) is 1. The van der Waals surface area contributed by atoms with Crippen LogP contribution in [0.5, 0.6) is 0 Å². The smallest absolute Gasteiger partial charge is 0.0931 e. The molecule has 1 aliphatic carbocycles. The zero-order chi connectivity index (χ0) is 14.8. The minimum atomic E-state index is 0.209. The molecule has 0 spiro atoms. The van der Waals surface area contributed by atoms with Gasteiger partial charge in [0.05, 0.1) is 10.4 Å². The van der Waals surface area contributed by atoms with Gasteiger partial charge in [-0.25, -0.2) is 0 Å². The molecule has 0 aromatic carbocycles. The van der Waals surface area contributed by atoms with Crippen molar-refractivity contribution >= 4 is 22.9 Å². The van der Waals surface area contributed by atoms with Crippen LogP contribution in [-0.2, 0) is 0 Å². The van der Waals surface area contributed by atoms with Gasteiger partial charge in [-0.2, -0.15) is 0 Å². The summed E-state index contributed by atoms with van der Waals surface area (Å²) in [6.45, 7) is 3.41. The van der Waals surface area contributed by atoms with Gasteiger partial charge in [0.25, 0.3) is 0 Å². The summed E-state index contributed by atoms with van der Waals surface area (Å²) in [4.78, 5) is 4.10. The van der Waals surface area contributed by atoms with E-state index in [2.05, 4.69) is 17.9 Å². The Balaban J connectivity index is 1.87. The Labute approximate surface area is 137 Å². The van der Waals surface area contributed by atoms with Gasteiger partial charge in [-0.05, 0) is 56.7 Å². The van der Waals surface area contributed by atoms with Gasteiger partial charge < -0.3 is 5.73 Å². The van der Waals surface area contributed by atoms with E-state index < -0.39 is 0 Å². The van der Waals surface area contributed by atoms with Crippen molar-refractivity contribution in [3.63, 3.8) is 0 Å². The van der Waals surface area contributed by atoms with E-state index in [0.717, 1.165) is 22.7 Å². The molecule has 1 aromatic rings. The highest BCUT2D eigenvalue weighted by molar-refractivity contribution is 7.16. The van der Waals surface area contributed by atoms with Crippen molar-refractivity contribution in [3.8, 4) is 0 Å². The summed E-state index contributed by atoms with van der Waals surface area (Å²) in [6.07, 6.45) is 9.35. The summed E-state index contributed by atoms with van der Waals surface area (Å²) in [5.74, 6) is 0.898. The second kappa shape index (κ2) is 6.99. The second-order valence-corrected chi connectivity index (χ2v) is 8.40.